The number of H-pyrrole nitrogens is 1. The zero-order valence-corrected chi connectivity index (χ0v) is 20.0. The van der Waals surface area contributed by atoms with E-state index >= 15 is 0 Å². The molecule has 0 saturated carbocycles. The SMILES string of the molecule is CCOC(=O)N1CCc2c([nH]c3ccc(Cl)cc23)C1c1ccc(OCCNc2ncncn2)cc1. The first-order valence-corrected chi connectivity index (χ1v) is 11.8. The number of nitrogens with zero attached hydrogens (tertiary/aromatic N) is 4. The minimum atomic E-state index is -0.329. The minimum Gasteiger partial charge on any atom is -0.492 e. The summed E-state index contributed by atoms with van der Waals surface area (Å²) in [5, 5.41) is 4.86. The Morgan fingerprint density at radius 1 is 1.20 bits per heavy atom. The van der Waals surface area contributed by atoms with E-state index in [0.29, 0.717) is 37.3 Å². The van der Waals surface area contributed by atoms with Crippen LogP contribution in [0.3, 0.4) is 0 Å². The van der Waals surface area contributed by atoms with Gasteiger partial charge in [0.15, 0.2) is 0 Å². The molecule has 35 heavy (non-hydrogen) atoms. The summed E-state index contributed by atoms with van der Waals surface area (Å²) in [6.45, 7) is 3.68. The van der Waals surface area contributed by atoms with Crippen LogP contribution in [-0.2, 0) is 11.2 Å². The maximum Gasteiger partial charge on any atom is 0.410 e. The molecule has 4 aromatic rings. The number of halogens is 1. The number of hydrogen-bond acceptors (Lipinski definition) is 7. The summed E-state index contributed by atoms with van der Waals surface area (Å²) in [5.41, 5.74) is 4.13. The Morgan fingerprint density at radius 3 is 2.77 bits per heavy atom. The Balaban J connectivity index is 1.36. The highest BCUT2D eigenvalue weighted by Gasteiger charge is 2.35. The van der Waals surface area contributed by atoms with Crippen molar-refractivity contribution in [3.05, 3.63) is 77.0 Å². The molecule has 1 amide bonds. The van der Waals surface area contributed by atoms with Gasteiger partial charge >= 0.3 is 6.09 Å². The molecule has 0 saturated heterocycles. The van der Waals surface area contributed by atoms with Crippen molar-refractivity contribution in [1.29, 1.82) is 0 Å². The molecule has 1 aliphatic heterocycles. The molecule has 1 atom stereocenters. The second-order valence-corrected chi connectivity index (χ2v) is 8.49. The summed E-state index contributed by atoms with van der Waals surface area (Å²) in [7, 11) is 0. The van der Waals surface area contributed by atoms with E-state index < -0.39 is 0 Å². The number of carbonyl (C=O) groups excluding carboxylic acids is 1. The van der Waals surface area contributed by atoms with Gasteiger partial charge in [-0.1, -0.05) is 23.7 Å². The Labute approximate surface area is 207 Å². The number of hydrogen-bond donors (Lipinski definition) is 2. The highest BCUT2D eigenvalue weighted by atomic mass is 35.5. The summed E-state index contributed by atoms with van der Waals surface area (Å²) < 4.78 is 11.2. The van der Waals surface area contributed by atoms with Crippen molar-refractivity contribution in [3.8, 4) is 5.75 Å². The fourth-order valence-corrected chi connectivity index (χ4v) is 4.59. The van der Waals surface area contributed by atoms with Crippen LogP contribution in [0.4, 0.5) is 10.7 Å². The minimum absolute atomic E-state index is 0.302. The molecule has 1 unspecified atom stereocenters. The lowest BCUT2D eigenvalue weighted by Gasteiger charge is -2.35. The van der Waals surface area contributed by atoms with Gasteiger partial charge in [-0.2, -0.15) is 0 Å². The first kappa shape index (κ1) is 22.9. The molecule has 1 aliphatic rings. The van der Waals surface area contributed by atoms with Crippen molar-refractivity contribution in [2.24, 2.45) is 0 Å². The molecule has 0 fully saturated rings. The van der Waals surface area contributed by atoms with Gasteiger partial charge in [-0.05, 0) is 54.8 Å². The van der Waals surface area contributed by atoms with Gasteiger partial charge in [-0.3, -0.25) is 4.90 Å². The van der Waals surface area contributed by atoms with E-state index in [1.807, 2.05) is 49.4 Å². The molecule has 0 spiro atoms. The number of anilines is 1. The lowest BCUT2D eigenvalue weighted by molar-refractivity contribution is 0.0932. The fourth-order valence-electron chi connectivity index (χ4n) is 4.42. The highest BCUT2D eigenvalue weighted by Crippen LogP contribution is 2.39. The summed E-state index contributed by atoms with van der Waals surface area (Å²) in [4.78, 5) is 30.0. The molecule has 2 aromatic heterocycles. The number of aromatic amines is 1. The highest BCUT2D eigenvalue weighted by molar-refractivity contribution is 6.31. The fraction of sp³-hybridized carbons (Fsp3) is 0.280. The van der Waals surface area contributed by atoms with Crippen LogP contribution in [0.2, 0.25) is 5.02 Å². The molecule has 180 valence electrons. The second-order valence-electron chi connectivity index (χ2n) is 8.06. The quantitative estimate of drug-likeness (QED) is 0.363. The van der Waals surface area contributed by atoms with E-state index in [2.05, 4.69) is 25.3 Å². The van der Waals surface area contributed by atoms with Crippen LogP contribution in [-0.4, -0.2) is 57.2 Å². The Kier molecular flexibility index (Phi) is 6.67. The van der Waals surface area contributed by atoms with E-state index in [4.69, 9.17) is 21.1 Å². The van der Waals surface area contributed by atoms with Crippen LogP contribution in [0.5, 0.6) is 5.75 Å². The first-order valence-electron chi connectivity index (χ1n) is 11.5. The third-order valence-electron chi connectivity index (χ3n) is 5.93. The maximum absolute atomic E-state index is 12.8. The van der Waals surface area contributed by atoms with Crippen molar-refractivity contribution in [3.63, 3.8) is 0 Å². The van der Waals surface area contributed by atoms with Crippen molar-refractivity contribution < 1.29 is 14.3 Å². The standard InChI is InChI=1S/C25H25ClN6O3/c1-2-34-25(33)32-11-9-19-20-13-17(26)5-8-21(20)31-22(19)23(32)16-3-6-18(7-4-16)35-12-10-28-24-29-14-27-15-30-24/h3-8,13-15,23,31H,2,9-12H2,1H3,(H,27,28,29,30). The van der Waals surface area contributed by atoms with Crippen molar-refractivity contribution in [1.82, 2.24) is 24.8 Å². The number of rotatable bonds is 7. The molecule has 3 heterocycles. The van der Waals surface area contributed by atoms with E-state index in [1.165, 1.54) is 18.2 Å². The van der Waals surface area contributed by atoms with Crippen LogP contribution < -0.4 is 10.1 Å². The first-order chi connectivity index (χ1) is 17.1. The Hall–Kier alpha value is -3.85. The summed E-state index contributed by atoms with van der Waals surface area (Å²) in [6, 6.07) is 13.3. The average Bonchev–Trinajstić information content (AvgIpc) is 3.25. The topological polar surface area (TPSA) is 105 Å². The van der Waals surface area contributed by atoms with E-state index in [9.17, 15) is 4.79 Å². The van der Waals surface area contributed by atoms with Crippen molar-refractivity contribution in [2.75, 3.05) is 31.6 Å². The van der Waals surface area contributed by atoms with Crippen LogP contribution in [0.1, 0.15) is 29.8 Å². The lowest BCUT2D eigenvalue weighted by atomic mass is 9.92. The molecule has 5 rings (SSSR count). The summed E-state index contributed by atoms with van der Waals surface area (Å²) in [5.74, 6) is 1.24. The third-order valence-corrected chi connectivity index (χ3v) is 6.17. The van der Waals surface area contributed by atoms with Gasteiger partial charge in [-0.15, -0.1) is 0 Å². The normalized spacial score (nSPS) is 15.0. The lowest BCUT2D eigenvalue weighted by Crippen LogP contribution is -2.40. The van der Waals surface area contributed by atoms with Crippen LogP contribution in [0.15, 0.2) is 55.1 Å². The van der Waals surface area contributed by atoms with Crippen LogP contribution in [0, 0.1) is 0 Å². The van der Waals surface area contributed by atoms with Gasteiger partial charge in [0.1, 0.15) is 31.1 Å². The van der Waals surface area contributed by atoms with Gasteiger partial charge in [0.05, 0.1) is 13.2 Å². The van der Waals surface area contributed by atoms with E-state index in [0.717, 1.165) is 34.3 Å². The number of carbonyl (C=O) groups is 1. The number of ether oxygens (including phenoxy) is 2. The molecule has 0 radical (unpaired) electrons. The second kappa shape index (κ2) is 10.2. The molecular formula is C25H25ClN6O3. The van der Waals surface area contributed by atoms with E-state index in [1.54, 1.807) is 4.90 Å². The monoisotopic (exact) mass is 492 g/mol. The van der Waals surface area contributed by atoms with Gasteiger partial charge in [0.25, 0.3) is 0 Å². The number of benzene rings is 2. The summed E-state index contributed by atoms with van der Waals surface area (Å²) >= 11 is 6.27. The van der Waals surface area contributed by atoms with E-state index in [-0.39, 0.29) is 12.1 Å². The van der Waals surface area contributed by atoms with Crippen LogP contribution >= 0.6 is 11.6 Å². The number of aromatic nitrogens is 4. The Bertz CT molecular complexity index is 1310. The van der Waals surface area contributed by atoms with Gasteiger partial charge < -0.3 is 19.8 Å². The molecule has 0 aliphatic carbocycles. The van der Waals surface area contributed by atoms with Crippen molar-refractivity contribution in [2.45, 2.75) is 19.4 Å². The smallest absolute Gasteiger partial charge is 0.410 e. The predicted octanol–water partition coefficient (Wildman–Crippen LogP) is 4.60. The third kappa shape index (κ3) is 4.85. The zero-order chi connectivity index (χ0) is 24.2. The Morgan fingerprint density at radius 2 is 2.00 bits per heavy atom. The van der Waals surface area contributed by atoms with Crippen LogP contribution in [0.25, 0.3) is 10.9 Å². The number of fused-ring (bicyclic) bond motifs is 3. The molecule has 2 aromatic carbocycles. The number of amides is 1. The predicted molar refractivity (Wildman–Crippen MR) is 133 cm³/mol. The van der Waals surface area contributed by atoms with Crippen molar-refractivity contribution >= 4 is 34.5 Å². The average molecular weight is 493 g/mol. The summed E-state index contributed by atoms with van der Waals surface area (Å²) in [6.07, 6.45) is 3.27. The molecular weight excluding hydrogens is 468 g/mol. The number of nitrogens with one attached hydrogen (secondary N) is 2. The molecule has 9 nitrogen and oxygen atoms in total. The maximum atomic E-state index is 12.8. The molecule has 2 N–H and O–H groups in total. The van der Waals surface area contributed by atoms with Gasteiger partial charge in [0, 0.05) is 28.2 Å². The van der Waals surface area contributed by atoms with Gasteiger partial charge in [-0.25, -0.2) is 19.7 Å². The zero-order valence-electron chi connectivity index (χ0n) is 19.2. The molecule has 0 bridgehead atoms. The molecule has 10 heteroatoms. The van der Waals surface area contributed by atoms with Gasteiger partial charge in [0.2, 0.25) is 5.95 Å². The largest absolute Gasteiger partial charge is 0.492 e.